The van der Waals surface area contributed by atoms with Crippen LogP contribution in [0.15, 0.2) is 28.9 Å². The second-order valence-electron chi connectivity index (χ2n) is 7.43. The number of hydrogen-bond acceptors (Lipinski definition) is 4. The Morgan fingerprint density at radius 1 is 1.31 bits per heavy atom. The van der Waals surface area contributed by atoms with Gasteiger partial charge < -0.3 is 9.42 Å². The van der Waals surface area contributed by atoms with Crippen LogP contribution in [0.1, 0.15) is 47.8 Å². The number of carbonyl (C=O) groups is 1. The summed E-state index contributed by atoms with van der Waals surface area (Å²) in [6, 6.07) is 2.93. The van der Waals surface area contributed by atoms with Crippen LogP contribution in [0.2, 0.25) is 0 Å². The predicted octanol–water partition coefficient (Wildman–Crippen LogP) is 4.26. The number of halogens is 2. The molecule has 1 aliphatic heterocycles. The Kier molecular flexibility index (Phi) is 5.17. The molecular formula is C21H22F2N4O2. The number of rotatable bonds is 4. The van der Waals surface area contributed by atoms with Gasteiger partial charge in [0, 0.05) is 17.7 Å². The van der Waals surface area contributed by atoms with Crippen molar-refractivity contribution in [1.29, 1.82) is 0 Å². The van der Waals surface area contributed by atoms with Gasteiger partial charge in [-0.25, -0.2) is 8.78 Å². The monoisotopic (exact) mass is 400 g/mol. The standard InChI is InChI=1S/C21H22F2N4O2/c1-12-13(2)26-29-21(12)16-11-24-25-20(16)18-5-3-4-8-27(18)19(28)10-14-9-15(22)6-7-17(14)23/h6-7,9,11,18H,3-5,8,10H2,1-2H3,(H,24,25)/t18-/m1/s1. The lowest BCUT2D eigenvalue weighted by Crippen LogP contribution is -2.39. The number of hydrogen-bond donors (Lipinski definition) is 1. The Bertz CT molecular complexity index is 1040. The van der Waals surface area contributed by atoms with Crippen LogP contribution in [0, 0.1) is 25.5 Å². The summed E-state index contributed by atoms with van der Waals surface area (Å²) in [4.78, 5) is 14.7. The molecule has 152 valence electrons. The highest BCUT2D eigenvalue weighted by molar-refractivity contribution is 5.80. The van der Waals surface area contributed by atoms with E-state index in [1.807, 2.05) is 13.8 Å². The fourth-order valence-electron chi connectivity index (χ4n) is 3.87. The second-order valence-corrected chi connectivity index (χ2v) is 7.43. The second kappa shape index (κ2) is 7.77. The van der Waals surface area contributed by atoms with Gasteiger partial charge >= 0.3 is 0 Å². The first-order valence-electron chi connectivity index (χ1n) is 9.65. The Hall–Kier alpha value is -3.03. The maximum Gasteiger partial charge on any atom is 0.227 e. The van der Waals surface area contributed by atoms with E-state index in [4.69, 9.17) is 4.52 Å². The largest absolute Gasteiger partial charge is 0.356 e. The maximum absolute atomic E-state index is 14.0. The fourth-order valence-corrected chi connectivity index (χ4v) is 3.87. The molecule has 29 heavy (non-hydrogen) atoms. The van der Waals surface area contributed by atoms with E-state index in [0.29, 0.717) is 12.3 Å². The summed E-state index contributed by atoms with van der Waals surface area (Å²) in [5.41, 5.74) is 3.32. The van der Waals surface area contributed by atoms with Crippen molar-refractivity contribution in [3.05, 3.63) is 58.5 Å². The molecule has 1 atom stereocenters. The molecule has 2 aromatic heterocycles. The third-order valence-corrected chi connectivity index (χ3v) is 5.58. The van der Waals surface area contributed by atoms with Crippen molar-refractivity contribution in [3.8, 4) is 11.3 Å². The van der Waals surface area contributed by atoms with Crippen LogP contribution in [0.25, 0.3) is 11.3 Å². The zero-order valence-electron chi connectivity index (χ0n) is 16.3. The van der Waals surface area contributed by atoms with Crippen molar-refractivity contribution in [2.24, 2.45) is 0 Å². The number of nitrogens with zero attached hydrogens (tertiary/aromatic N) is 3. The van der Waals surface area contributed by atoms with Gasteiger partial charge in [0.15, 0.2) is 5.76 Å². The number of carbonyl (C=O) groups excluding carboxylic acids is 1. The van der Waals surface area contributed by atoms with E-state index in [1.165, 1.54) is 0 Å². The van der Waals surface area contributed by atoms with Gasteiger partial charge in [-0.3, -0.25) is 9.89 Å². The number of aromatic nitrogens is 3. The van der Waals surface area contributed by atoms with Crippen LogP contribution in [0.3, 0.4) is 0 Å². The number of piperidine rings is 1. The molecule has 0 unspecified atom stereocenters. The number of aromatic amines is 1. The quantitative estimate of drug-likeness (QED) is 0.710. The fraction of sp³-hybridized carbons (Fsp3) is 0.381. The summed E-state index contributed by atoms with van der Waals surface area (Å²) in [7, 11) is 0. The lowest BCUT2D eigenvalue weighted by Gasteiger charge is -2.35. The van der Waals surface area contributed by atoms with Crippen LogP contribution in [0.4, 0.5) is 8.78 Å². The third kappa shape index (κ3) is 3.66. The van der Waals surface area contributed by atoms with Gasteiger partial charge in [0.2, 0.25) is 5.91 Å². The van der Waals surface area contributed by atoms with Crippen LogP contribution in [-0.2, 0) is 11.2 Å². The van der Waals surface area contributed by atoms with Crippen LogP contribution < -0.4 is 0 Å². The van der Waals surface area contributed by atoms with Gasteiger partial charge in [0.05, 0.1) is 35.6 Å². The Labute approximate surface area is 166 Å². The molecule has 0 spiro atoms. The van der Waals surface area contributed by atoms with Gasteiger partial charge in [-0.05, 0) is 51.3 Å². The number of amides is 1. The summed E-state index contributed by atoms with van der Waals surface area (Å²) >= 11 is 0. The van der Waals surface area contributed by atoms with Gasteiger partial charge in [-0.1, -0.05) is 5.16 Å². The van der Waals surface area contributed by atoms with Crippen LogP contribution in [0.5, 0.6) is 0 Å². The Balaban J connectivity index is 1.64. The molecule has 8 heteroatoms. The number of nitrogens with one attached hydrogen (secondary N) is 1. The summed E-state index contributed by atoms with van der Waals surface area (Å²) in [6.07, 6.45) is 4.04. The number of aryl methyl sites for hydroxylation is 1. The van der Waals surface area contributed by atoms with Crippen molar-refractivity contribution in [2.75, 3.05) is 6.54 Å². The molecule has 1 amide bonds. The molecule has 1 N–H and O–H groups in total. The first kappa shape index (κ1) is 19.3. The molecule has 0 radical (unpaired) electrons. The summed E-state index contributed by atoms with van der Waals surface area (Å²) < 4.78 is 33.0. The zero-order valence-corrected chi connectivity index (χ0v) is 16.3. The highest BCUT2D eigenvalue weighted by atomic mass is 19.1. The highest BCUT2D eigenvalue weighted by Crippen LogP contribution is 2.37. The van der Waals surface area contributed by atoms with E-state index in [0.717, 1.165) is 60.0 Å². The van der Waals surface area contributed by atoms with E-state index in [1.54, 1.807) is 11.1 Å². The smallest absolute Gasteiger partial charge is 0.227 e. The molecule has 1 aliphatic rings. The third-order valence-electron chi connectivity index (χ3n) is 5.58. The van der Waals surface area contributed by atoms with Crippen LogP contribution >= 0.6 is 0 Å². The average Bonchev–Trinajstić information content (AvgIpc) is 3.31. The first-order chi connectivity index (χ1) is 14.0. The average molecular weight is 400 g/mol. The number of benzene rings is 1. The topological polar surface area (TPSA) is 75.0 Å². The lowest BCUT2D eigenvalue weighted by molar-refractivity contribution is -0.134. The molecule has 0 saturated carbocycles. The van der Waals surface area contributed by atoms with Crippen molar-refractivity contribution >= 4 is 5.91 Å². The molecule has 6 nitrogen and oxygen atoms in total. The number of H-pyrrole nitrogens is 1. The minimum atomic E-state index is -0.580. The minimum Gasteiger partial charge on any atom is -0.356 e. The van der Waals surface area contributed by atoms with E-state index in [9.17, 15) is 13.6 Å². The highest BCUT2D eigenvalue weighted by Gasteiger charge is 2.32. The van der Waals surface area contributed by atoms with Crippen molar-refractivity contribution in [2.45, 2.75) is 45.6 Å². The molecule has 3 heterocycles. The van der Waals surface area contributed by atoms with Gasteiger partial charge in [0.1, 0.15) is 11.6 Å². The maximum atomic E-state index is 14.0. The molecule has 4 rings (SSSR count). The summed E-state index contributed by atoms with van der Waals surface area (Å²) in [5, 5.41) is 11.2. The minimum absolute atomic E-state index is 0.0610. The van der Waals surface area contributed by atoms with Crippen LogP contribution in [-0.4, -0.2) is 32.7 Å². The molecular weight excluding hydrogens is 378 g/mol. The SMILES string of the molecule is Cc1noc(-c2cn[nH]c2[C@H]2CCCCN2C(=O)Cc2cc(F)ccc2F)c1C. The Morgan fingerprint density at radius 2 is 2.14 bits per heavy atom. The molecule has 1 fully saturated rings. The van der Waals surface area contributed by atoms with Gasteiger partial charge in [-0.2, -0.15) is 5.10 Å². The van der Waals surface area contributed by atoms with E-state index in [2.05, 4.69) is 15.4 Å². The van der Waals surface area contributed by atoms with E-state index < -0.39 is 11.6 Å². The predicted molar refractivity (Wildman–Crippen MR) is 102 cm³/mol. The van der Waals surface area contributed by atoms with E-state index in [-0.39, 0.29) is 23.9 Å². The van der Waals surface area contributed by atoms with Crippen molar-refractivity contribution in [1.82, 2.24) is 20.3 Å². The number of likely N-dealkylation sites (tertiary alicyclic amines) is 1. The molecule has 1 aromatic carbocycles. The summed E-state index contributed by atoms with van der Waals surface area (Å²) in [5.74, 6) is -0.759. The molecule has 0 bridgehead atoms. The molecule has 0 aliphatic carbocycles. The van der Waals surface area contributed by atoms with Crippen molar-refractivity contribution in [3.63, 3.8) is 0 Å². The summed E-state index contributed by atoms with van der Waals surface area (Å²) in [6.45, 7) is 4.34. The Morgan fingerprint density at radius 3 is 2.90 bits per heavy atom. The van der Waals surface area contributed by atoms with Gasteiger partial charge in [0.25, 0.3) is 0 Å². The first-order valence-corrected chi connectivity index (χ1v) is 9.65. The van der Waals surface area contributed by atoms with Crippen molar-refractivity contribution < 1.29 is 18.1 Å². The normalized spacial score (nSPS) is 17.0. The van der Waals surface area contributed by atoms with Gasteiger partial charge in [-0.15, -0.1) is 0 Å². The molecule has 3 aromatic rings. The molecule has 1 saturated heterocycles. The van der Waals surface area contributed by atoms with E-state index >= 15 is 0 Å². The lowest BCUT2D eigenvalue weighted by atomic mass is 9.94. The zero-order chi connectivity index (χ0) is 20.5.